The average Bonchev–Trinajstić information content (AvgIpc) is 3.03. The van der Waals surface area contributed by atoms with Gasteiger partial charge >= 0.3 is 5.97 Å². The van der Waals surface area contributed by atoms with E-state index in [-0.39, 0.29) is 17.7 Å². The SMILES string of the molecule is O=C(O)[C@H](Cc1ccccc1)NC(=O)[C@@H]1C(Cl)CC(Cl)N1S(=O)(=O)c1ccccc1. The number of benzene rings is 2. The second-order valence-electron chi connectivity index (χ2n) is 6.87. The second kappa shape index (κ2) is 9.34. The Kier molecular flexibility index (Phi) is 7.02. The number of amides is 1. The highest BCUT2D eigenvalue weighted by Gasteiger charge is 2.50. The third-order valence-corrected chi connectivity index (χ3v) is 7.62. The maximum absolute atomic E-state index is 13.1. The lowest BCUT2D eigenvalue weighted by Crippen LogP contribution is -2.54. The number of carboxylic acid groups (broad SMARTS) is 1. The zero-order chi connectivity index (χ0) is 21.9. The Balaban J connectivity index is 1.85. The van der Waals surface area contributed by atoms with E-state index in [1.807, 2.05) is 0 Å². The van der Waals surface area contributed by atoms with Crippen LogP contribution in [0.1, 0.15) is 12.0 Å². The van der Waals surface area contributed by atoms with Crippen LogP contribution in [0.5, 0.6) is 0 Å². The Morgan fingerprint density at radius 1 is 1.07 bits per heavy atom. The first-order chi connectivity index (χ1) is 14.2. The van der Waals surface area contributed by atoms with Crippen LogP contribution in [-0.4, -0.2) is 52.7 Å². The van der Waals surface area contributed by atoms with Gasteiger partial charge in [0.05, 0.1) is 10.3 Å². The molecule has 1 aliphatic heterocycles. The van der Waals surface area contributed by atoms with Gasteiger partial charge in [-0.05, 0) is 24.1 Å². The van der Waals surface area contributed by atoms with Crippen molar-refractivity contribution in [1.29, 1.82) is 0 Å². The summed E-state index contributed by atoms with van der Waals surface area (Å²) in [5.74, 6) is -2.04. The highest BCUT2D eigenvalue weighted by molar-refractivity contribution is 7.89. The third kappa shape index (κ3) is 4.78. The number of hydrogen-bond donors (Lipinski definition) is 2. The summed E-state index contributed by atoms with van der Waals surface area (Å²) in [7, 11) is -4.12. The van der Waals surface area contributed by atoms with Crippen LogP contribution in [-0.2, 0) is 26.0 Å². The van der Waals surface area contributed by atoms with Gasteiger partial charge in [0, 0.05) is 6.42 Å². The molecule has 10 heteroatoms. The van der Waals surface area contributed by atoms with Gasteiger partial charge in [-0.3, -0.25) is 4.79 Å². The number of hydrogen-bond acceptors (Lipinski definition) is 4. The van der Waals surface area contributed by atoms with E-state index in [2.05, 4.69) is 5.32 Å². The van der Waals surface area contributed by atoms with Crippen molar-refractivity contribution in [2.45, 2.75) is 40.7 Å². The van der Waals surface area contributed by atoms with Crippen molar-refractivity contribution in [3.8, 4) is 0 Å². The molecule has 1 saturated heterocycles. The normalized spacial score (nSPS) is 23.1. The minimum atomic E-state index is -4.12. The van der Waals surface area contributed by atoms with Gasteiger partial charge in [-0.2, -0.15) is 4.31 Å². The van der Waals surface area contributed by atoms with Crippen molar-refractivity contribution >= 4 is 45.1 Å². The molecule has 2 aromatic rings. The molecule has 1 amide bonds. The Labute approximate surface area is 184 Å². The standard InChI is InChI=1S/C20H20Cl2N2O5S/c21-15-12-17(22)24(30(28,29)14-9-5-2-6-10-14)18(15)19(25)23-16(20(26)27)11-13-7-3-1-4-8-13/h1-10,15-18H,11-12H2,(H,23,25)(H,26,27)/t15?,16-,17?,18-/m0/s1. The van der Waals surface area contributed by atoms with Crippen molar-refractivity contribution in [2.75, 3.05) is 0 Å². The Bertz CT molecular complexity index is 1000. The number of sulfonamides is 1. The van der Waals surface area contributed by atoms with Gasteiger partial charge < -0.3 is 10.4 Å². The van der Waals surface area contributed by atoms with Gasteiger partial charge in [-0.15, -0.1) is 23.2 Å². The molecule has 2 unspecified atom stereocenters. The number of halogens is 2. The number of carboxylic acids is 1. The van der Waals surface area contributed by atoms with E-state index in [0.29, 0.717) is 5.56 Å². The third-order valence-electron chi connectivity index (χ3n) is 4.80. The number of rotatable bonds is 7. The molecule has 2 N–H and O–H groups in total. The van der Waals surface area contributed by atoms with E-state index in [0.717, 1.165) is 4.31 Å². The number of nitrogens with zero attached hydrogens (tertiary/aromatic N) is 1. The van der Waals surface area contributed by atoms with E-state index in [1.165, 1.54) is 12.1 Å². The molecule has 0 bridgehead atoms. The molecule has 1 heterocycles. The first-order valence-electron chi connectivity index (χ1n) is 9.15. The molecule has 3 rings (SSSR count). The van der Waals surface area contributed by atoms with E-state index >= 15 is 0 Å². The van der Waals surface area contributed by atoms with Crippen LogP contribution < -0.4 is 5.32 Å². The number of carbonyl (C=O) groups excluding carboxylic acids is 1. The number of aliphatic carboxylic acids is 1. The zero-order valence-electron chi connectivity index (χ0n) is 15.7. The van der Waals surface area contributed by atoms with Crippen molar-refractivity contribution < 1.29 is 23.1 Å². The summed E-state index contributed by atoms with van der Waals surface area (Å²) in [6.07, 6.45) is 0.0843. The number of alkyl halides is 2. The van der Waals surface area contributed by atoms with Gasteiger partial charge in [0.25, 0.3) is 0 Å². The topological polar surface area (TPSA) is 104 Å². The lowest BCUT2D eigenvalue weighted by Gasteiger charge is -2.27. The average molecular weight is 471 g/mol. The summed E-state index contributed by atoms with van der Waals surface area (Å²) in [5, 5.41) is 11.1. The molecule has 0 aliphatic carbocycles. The summed E-state index contributed by atoms with van der Waals surface area (Å²) in [5.41, 5.74) is -0.325. The smallest absolute Gasteiger partial charge is 0.326 e. The predicted octanol–water partition coefficient (Wildman–Crippen LogP) is 2.43. The highest BCUT2D eigenvalue weighted by atomic mass is 35.5. The van der Waals surface area contributed by atoms with Crippen LogP contribution in [0.3, 0.4) is 0 Å². The molecular formula is C20H20Cl2N2O5S. The van der Waals surface area contributed by atoms with Crippen molar-refractivity contribution in [2.24, 2.45) is 0 Å². The van der Waals surface area contributed by atoms with Crippen LogP contribution in [0.15, 0.2) is 65.6 Å². The van der Waals surface area contributed by atoms with E-state index in [1.54, 1.807) is 48.5 Å². The first-order valence-corrected chi connectivity index (χ1v) is 11.5. The summed E-state index contributed by atoms with van der Waals surface area (Å²) >= 11 is 12.5. The molecule has 7 nitrogen and oxygen atoms in total. The van der Waals surface area contributed by atoms with Gasteiger partial charge in [-0.25, -0.2) is 13.2 Å². The molecule has 1 aliphatic rings. The lowest BCUT2D eigenvalue weighted by molar-refractivity contribution is -0.142. The Hall–Kier alpha value is -2.13. The maximum Gasteiger partial charge on any atom is 0.326 e. The molecule has 160 valence electrons. The zero-order valence-corrected chi connectivity index (χ0v) is 18.0. The lowest BCUT2D eigenvalue weighted by atomic mass is 10.1. The van der Waals surface area contributed by atoms with Crippen LogP contribution in [0.4, 0.5) is 0 Å². The monoisotopic (exact) mass is 470 g/mol. The van der Waals surface area contributed by atoms with Gasteiger partial charge in [0.15, 0.2) is 0 Å². The molecule has 30 heavy (non-hydrogen) atoms. The predicted molar refractivity (Wildman–Crippen MR) is 113 cm³/mol. The molecule has 0 spiro atoms. The van der Waals surface area contributed by atoms with Crippen LogP contribution >= 0.6 is 23.2 Å². The largest absolute Gasteiger partial charge is 0.480 e. The van der Waals surface area contributed by atoms with E-state index in [9.17, 15) is 23.1 Å². The van der Waals surface area contributed by atoms with Crippen LogP contribution in [0, 0.1) is 0 Å². The molecule has 0 saturated carbocycles. The molecule has 4 atom stereocenters. The van der Waals surface area contributed by atoms with Crippen LogP contribution in [0.2, 0.25) is 0 Å². The quantitative estimate of drug-likeness (QED) is 0.477. The van der Waals surface area contributed by atoms with Crippen molar-refractivity contribution in [3.63, 3.8) is 0 Å². The van der Waals surface area contributed by atoms with Crippen molar-refractivity contribution in [1.82, 2.24) is 9.62 Å². The molecule has 0 radical (unpaired) electrons. The number of carbonyl (C=O) groups is 2. The second-order valence-corrected chi connectivity index (χ2v) is 9.78. The van der Waals surface area contributed by atoms with E-state index < -0.39 is 44.9 Å². The summed E-state index contributed by atoms with van der Waals surface area (Å²) < 4.78 is 27.1. The molecule has 0 aromatic heterocycles. The molecular weight excluding hydrogens is 451 g/mol. The van der Waals surface area contributed by atoms with Gasteiger partial charge in [-0.1, -0.05) is 48.5 Å². The Morgan fingerprint density at radius 3 is 2.20 bits per heavy atom. The first kappa shape index (κ1) is 22.6. The van der Waals surface area contributed by atoms with Gasteiger partial charge in [0.2, 0.25) is 15.9 Å². The minimum absolute atomic E-state index is 0.0294. The number of nitrogens with one attached hydrogen (secondary N) is 1. The fraction of sp³-hybridized carbons (Fsp3) is 0.300. The van der Waals surface area contributed by atoms with E-state index in [4.69, 9.17) is 23.2 Å². The van der Waals surface area contributed by atoms with Crippen molar-refractivity contribution in [3.05, 3.63) is 66.2 Å². The highest BCUT2D eigenvalue weighted by Crippen LogP contribution is 2.36. The molecule has 1 fully saturated rings. The summed E-state index contributed by atoms with van der Waals surface area (Å²) in [4.78, 5) is 24.6. The van der Waals surface area contributed by atoms with Crippen LogP contribution in [0.25, 0.3) is 0 Å². The van der Waals surface area contributed by atoms with Gasteiger partial charge in [0.1, 0.15) is 17.6 Å². The minimum Gasteiger partial charge on any atom is -0.480 e. The summed E-state index contributed by atoms with van der Waals surface area (Å²) in [6.45, 7) is 0. The molecule has 2 aromatic carbocycles. The Morgan fingerprint density at radius 2 is 1.63 bits per heavy atom. The fourth-order valence-corrected chi connectivity index (χ4v) is 6.22. The maximum atomic E-state index is 13.1. The fourth-order valence-electron chi connectivity index (χ4n) is 3.35. The summed E-state index contributed by atoms with van der Waals surface area (Å²) in [6, 6.07) is 13.8.